The zero-order valence-electron chi connectivity index (χ0n) is 12.2. The van der Waals surface area contributed by atoms with Crippen molar-refractivity contribution >= 4 is 5.78 Å². The maximum Gasteiger partial charge on any atom is 0.137 e. The maximum absolute atomic E-state index is 12.0. The van der Waals surface area contributed by atoms with Gasteiger partial charge in [-0.05, 0) is 38.3 Å². The molecule has 2 rings (SSSR count). The summed E-state index contributed by atoms with van der Waals surface area (Å²) < 4.78 is 0. The van der Waals surface area contributed by atoms with E-state index in [4.69, 9.17) is 0 Å². The fraction of sp³-hybridized carbons (Fsp3) is 0.588. The molecule has 1 unspecified atom stereocenters. The first kappa shape index (κ1) is 14.3. The number of piperidine rings is 1. The van der Waals surface area contributed by atoms with Crippen LogP contribution in [0.5, 0.6) is 0 Å². The van der Waals surface area contributed by atoms with Crippen LogP contribution in [0.15, 0.2) is 24.3 Å². The first-order chi connectivity index (χ1) is 9.19. The molecule has 1 atom stereocenters. The molecule has 1 aromatic carbocycles. The Kier molecular flexibility index (Phi) is 5.15. The lowest BCUT2D eigenvalue weighted by molar-refractivity contribution is -0.124. The Bertz CT molecular complexity index is 410. The molecule has 0 radical (unpaired) electrons. The molecule has 2 nitrogen and oxygen atoms in total. The number of aryl methyl sites for hydroxylation is 1. The van der Waals surface area contributed by atoms with Crippen LogP contribution >= 0.6 is 0 Å². The zero-order chi connectivity index (χ0) is 13.7. The van der Waals surface area contributed by atoms with E-state index in [0.717, 1.165) is 45.3 Å². The van der Waals surface area contributed by atoms with Crippen molar-refractivity contribution in [1.29, 1.82) is 0 Å². The molecule has 1 heterocycles. The SMILES string of the molecule is CCCC(=O)C1CCCN(Cc2ccc(C)cc2)C1. The highest BCUT2D eigenvalue weighted by atomic mass is 16.1. The molecule has 0 aliphatic carbocycles. The highest BCUT2D eigenvalue weighted by Gasteiger charge is 2.24. The molecular weight excluding hydrogens is 234 g/mol. The van der Waals surface area contributed by atoms with Crippen LogP contribution < -0.4 is 0 Å². The largest absolute Gasteiger partial charge is 0.299 e. The van der Waals surface area contributed by atoms with Crippen molar-refractivity contribution in [2.75, 3.05) is 13.1 Å². The Balaban J connectivity index is 1.90. The summed E-state index contributed by atoms with van der Waals surface area (Å²) in [5.74, 6) is 0.746. The first-order valence-corrected chi connectivity index (χ1v) is 7.49. The highest BCUT2D eigenvalue weighted by Crippen LogP contribution is 2.21. The van der Waals surface area contributed by atoms with Crippen molar-refractivity contribution in [1.82, 2.24) is 4.90 Å². The number of carbonyl (C=O) groups excluding carboxylic acids is 1. The topological polar surface area (TPSA) is 20.3 Å². The van der Waals surface area contributed by atoms with Crippen LogP contribution in [0, 0.1) is 12.8 Å². The summed E-state index contributed by atoms with van der Waals surface area (Å²) in [4.78, 5) is 14.5. The van der Waals surface area contributed by atoms with Crippen LogP contribution in [0.25, 0.3) is 0 Å². The predicted molar refractivity (Wildman–Crippen MR) is 79.1 cm³/mol. The molecule has 0 amide bonds. The zero-order valence-corrected chi connectivity index (χ0v) is 12.2. The molecule has 1 aliphatic heterocycles. The summed E-state index contributed by atoms with van der Waals surface area (Å²) in [5, 5.41) is 0. The van der Waals surface area contributed by atoms with Gasteiger partial charge in [-0.2, -0.15) is 0 Å². The number of hydrogen-bond acceptors (Lipinski definition) is 2. The number of likely N-dealkylation sites (tertiary alicyclic amines) is 1. The lowest BCUT2D eigenvalue weighted by Gasteiger charge is -2.32. The van der Waals surface area contributed by atoms with E-state index in [1.807, 2.05) is 0 Å². The summed E-state index contributed by atoms with van der Waals surface area (Å²) in [7, 11) is 0. The molecule has 2 heteroatoms. The van der Waals surface area contributed by atoms with Crippen molar-refractivity contribution < 1.29 is 4.79 Å². The van der Waals surface area contributed by atoms with Gasteiger partial charge in [-0.25, -0.2) is 0 Å². The second-order valence-corrected chi connectivity index (χ2v) is 5.78. The number of Topliss-reactive ketones (excluding diaryl/α,β-unsaturated/α-hetero) is 1. The third kappa shape index (κ3) is 4.17. The Morgan fingerprint density at radius 2 is 2.05 bits per heavy atom. The third-order valence-electron chi connectivity index (χ3n) is 3.98. The molecule has 0 aromatic heterocycles. The van der Waals surface area contributed by atoms with E-state index < -0.39 is 0 Å². The molecule has 1 saturated heterocycles. The lowest BCUT2D eigenvalue weighted by Crippen LogP contribution is -2.38. The van der Waals surface area contributed by atoms with Crippen LogP contribution in [0.2, 0.25) is 0 Å². The van der Waals surface area contributed by atoms with Gasteiger partial charge in [0.15, 0.2) is 0 Å². The van der Waals surface area contributed by atoms with Crippen LogP contribution in [-0.4, -0.2) is 23.8 Å². The molecule has 1 fully saturated rings. The van der Waals surface area contributed by atoms with Crippen molar-refractivity contribution in [3.63, 3.8) is 0 Å². The third-order valence-corrected chi connectivity index (χ3v) is 3.98. The number of hydrogen-bond donors (Lipinski definition) is 0. The van der Waals surface area contributed by atoms with Gasteiger partial charge in [0, 0.05) is 25.4 Å². The monoisotopic (exact) mass is 259 g/mol. The maximum atomic E-state index is 12.0. The van der Waals surface area contributed by atoms with Gasteiger partial charge in [0.2, 0.25) is 0 Å². The quantitative estimate of drug-likeness (QED) is 0.805. The predicted octanol–water partition coefficient (Wildman–Crippen LogP) is 3.58. The summed E-state index contributed by atoms with van der Waals surface area (Å²) in [5.41, 5.74) is 2.66. The minimum Gasteiger partial charge on any atom is -0.299 e. The summed E-state index contributed by atoms with van der Waals surface area (Å²) in [6.45, 7) is 7.27. The van der Waals surface area contributed by atoms with Crippen molar-refractivity contribution in [2.24, 2.45) is 5.92 Å². The van der Waals surface area contributed by atoms with Crippen molar-refractivity contribution in [2.45, 2.75) is 46.1 Å². The lowest BCUT2D eigenvalue weighted by atomic mass is 9.91. The van der Waals surface area contributed by atoms with E-state index in [2.05, 4.69) is 43.0 Å². The van der Waals surface area contributed by atoms with Gasteiger partial charge in [0.1, 0.15) is 5.78 Å². The Morgan fingerprint density at radius 3 is 2.74 bits per heavy atom. The number of rotatable bonds is 5. The number of nitrogens with zero attached hydrogens (tertiary/aromatic N) is 1. The molecule has 0 bridgehead atoms. The Morgan fingerprint density at radius 1 is 1.32 bits per heavy atom. The minimum absolute atomic E-state index is 0.277. The first-order valence-electron chi connectivity index (χ1n) is 7.49. The van der Waals surface area contributed by atoms with E-state index in [-0.39, 0.29) is 5.92 Å². The second kappa shape index (κ2) is 6.85. The van der Waals surface area contributed by atoms with E-state index >= 15 is 0 Å². The number of benzene rings is 1. The normalized spacial score (nSPS) is 20.4. The Labute approximate surface area is 116 Å². The van der Waals surface area contributed by atoms with E-state index in [1.165, 1.54) is 11.1 Å². The van der Waals surface area contributed by atoms with Gasteiger partial charge in [-0.15, -0.1) is 0 Å². The molecule has 104 valence electrons. The van der Waals surface area contributed by atoms with Gasteiger partial charge in [0.05, 0.1) is 0 Å². The molecule has 0 saturated carbocycles. The van der Waals surface area contributed by atoms with Crippen molar-refractivity contribution in [3.05, 3.63) is 35.4 Å². The van der Waals surface area contributed by atoms with E-state index in [9.17, 15) is 4.79 Å². The molecule has 1 aliphatic rings. The van der Waals surface area contributed by atoms with E-state index in [1.54, 1.807) is 0 Å². The van der Waals surface area contributed by atoms with Crippen LogP contribution in [0.3, 0.4) is 0 Å². The average Bonchev–Trinajstić information content (AvgIpc) is 2.42. The molecule has 0 spiro atoms. The summed E-state index contributed by atoms with van der Waals surface area (Å²) in [6, 6.07) is 8.73. The molecule has 0 N–H and O–H groups in total. The van der Waals surface area contributed by atoms with E-state index in [0.29, 0.717) is 5.78 Å². The van der Waals surface area contributed by atoms with Crippen LogP contribution in [-0.2, 0) is 11.3 Å². The molecule has 1 aromatic rings. The number of carbonyl (C=O) groups is 1. The van der Waals surface area contributed by atoms with Crippen LogP contribution in [0.4, 0.5) is 0 Å². The van der Waals surface area contributed by atoms with Crippen LogP contribution in [0.1, 0.15) is 43.7 Å². The molecular formula is C17H25NO. The number of ketones is 1. The minimum atomic E-state index is 0.277. The fourth-order valence-corrected chi connectivity index (χ4v) is 2.86. The standard InChI is InChI=1S/C17H25NO/c1-3-5-17(19)16-6-4-11-18(13-16)12-15-9-7-14(2)8-10-15/h7-10,16H,3-6,11-13H2,1-2H3. The smallest absolute Gasteiger partial charge is 0.137 e. The summed E-state index contributed by atoms with van der Waals surface area (Å²) in [6.07, 6.45) is 3.98. The van der Waals surface area contributed by atoms with Gasteiger partial charge in [-0.1, -0.05) is 36.8 Å². The van der Waals surface area contributed by atoms with Crippen molar-refractivity contribution in [3.8, 4) is 0 Å². The van der Waals surface area contributed by atoms with Gasteiger partial charge < -0.3 is 0 Å². The fourth-order valence-electron chi connectivity index (χ4n) is 2.86. The highest BCUT2D eigenvalue weighted by molar-refractivity contribution is 5.81. The summed E-state index contributed by atoms with van der Waals surface area (Å²) >= 11 is 0. The van der Waals surface area contributed by atoms with Gasteiger partial charge in [-0.3, -0.25) is 9.69 Å². The van der Waals surface area contributed by atoms with Gasteiger partial charge >= 0.3 is 0 Å². The Hall–Kier alpha value is -1.15. The van der Waals surface area contributed by atoms with Gasteiger partial charge in [0.25, 0.3) is 0 Å². The second-order valence-electron chi connectivity index (χ2n) is 5.78. The molecule has 19 heavy (non-hydrogen) atoms. The average molecular weight is 259 g/mol.